The second-order valence-corrected chi connectivity index (χ2v) is 4.14. The Morgan fingerprint density at radius 2 is 1.67 bits per heavy atom. The molecule has 0 spiro atoms. The van der Waals surface area contributed by atoms with Crippen LogP contribution >= 0.6 is 0 Å². The predicted molar refractivity (Wildman–Crippen MR) is 62.5 cm³/mol. The van der Waals surface area contributed by atoms with Crippen molar-refractivity contribution in [2.24, 2.45) is 5.73 Å². The van der Waals surface area contributed by atoms with Crippen LogP contribution in [0.4, 0.5) is 4.39 Å². The van der Waals surface area contributed by atoms with Gasteiger partial charge in [0.05, 0.1) is 0 Å². The smallest absolute Gasteiger partial charge is 0.129 e. The van der Waals surface area contributed by atoms with Gasteiger partial charge in [-0.15, -0.1) is 0 Å². The second-order valence-electron chi connectivity index (χ2n) is 4.14. The van der Waals surface area contributed by atoms with Crippen LogP contribution in [0.15, 0.2) is 12.1 Å². The number of rotatable bonds is 5. The molecule has 0 aliphatic heterocycles. The molecular weight excluding hydrogens is 189 g/mol. The molecule has 1 aromatic carbocycles. The Labute approximate surface area is 91.5 Å². The zero-order valence-electron chi connectivity index (χ0n) is 9.65. The van der Waals surface area contributed by atoms with E-state index >= 15 is 0 Å². The van der Waals surface area contributed by atoms with Crippen molar-refractivity contribution in [3.05, 3.63) is 34.6 Å². The van der Waals surface area contributed by atoms with Gasteiger partial charge >= 0.3 is 0 Å². The lowest BCUT2D eigenvalue weighted by molar-refractivity contribution is 0.607. The predicted octanol–water partition coefficient (Wildman–Crippen LogP) is 3.11. The van der Waals surface area contributed by atoms with Crippen LogP contribution in [0, 0.1) is 19.7 Å². The fraction of sp³-hybridized carbons (Fsp3) is 0.538. The van der Waals surface area contributed by atoms with Gasteiger partial charge in [0, 0.05) is 0 Å². The van der Waals surface area contributed by atoms with Crippen molar-refractivity contribution in [2.45, 2.75) is 39.5 Å². The fourth-order valence-electron chi connectivity index (χ4n) is 1.83. The van der Waals surface area contributed by atoms with Crippen LogP contribution in [-0.2, 0) is 6.42 Å². The first-order chi connectivity index (χ1) is 7.15. The molecule has 0 aromatic heterocycles. The van der Waals surface area contributed by atoms with E-state index in [1.54, 1.807) is 0 Å². The van der Waals surface area contributed by atoms with Gasteiger partial charge in [-0.3, -0.25) is 0 Å². The summed E-state index contributed by atoms with van der Waals surface area (Å²) < 4.78 is 13.3. The topological polar surface area (TPSA) is 26.0 Å². The summed E-state index contributed by atoms with van der Waals surface area (Å²) in [6.07, 6.45) is 4.41. The molecule has 84 valence electrons. The summed E-state index contributed by atoms with van der Waals surface area (Å²) >= 11 is 0. The molecule has 0 heterocycles. The molecule has 1 nitrogen and oxygen atoms in total. The van der Waals surface area contributed by atoms with Gasteiger partial charge in [-0.05, 0) is 56.3 Å². The van der Waals surface area contributed by atoms with Crippen molar-refractivity contribution in [1.82, 2.24) is 0 Å². The molecule has 15 heavy (non-hydrogen) atoms. The minimum Gasteiger partial charge on any atom is -0.330 e. The standard InChI is InChI=1S/C13H20FN/c1-10-8-12(6-4-3-5-7-15)9-11(2)13(10)14/h8-9H,3-7,15H2,1-2H3. The summed E-state index contributed by atoms with van der Waals surface area (Å²) in [6.45, 7) is 4.42. The number of unbranched alkanes of at least 4 members (excludes halogenated alkanes) is 2. The van der Waals surface area contributed by atoms with E-state index in [2.05, 4.69) is 0 Å². The second kappa shape index (κ2) is 5.86. The minimum atomic E-state index is -0.0688. The molecule has 0 bridgehead atoms. The molecule has 0 saturated carbocycles. The molecule has 0 aliphatic rings. The van der Waals surface area contributed by atoms with Gasteiger partial charge in [-0.2, -0.15) is 0 Å². The van der Waals surface area contributed by atoms with Gasteiger partial charge in [0.15, 0.2) is 0 Å². The van der Waals surface area contributed by atoms with Crippen LogP contribution in [0.3, 0.4) is 0 Å². The Morgan fingerprint density at radius 1 is 1.07 bits per heavy atom. The van der Waals surface area contributed by atoms with E-state index < -0.39 is 0 Å². The molecule has 0 unspecified atom stereocenters. The van der Waals surface area contributed by atoms with Crippen molar-refractivity contribution < 1.29 is 4.39 Å². The zero-order valence-corrected chi connectivity index (χ0v) is 9.65. The molecule has 0 saturated heterocycles. The third-order valence-corrected chi connectivity index (χ3v) is 2.67. The highest BCUT2D eigenvalue weighted by Crippen LogP contribution is 2.16. The van der Waals surface area contributed by atoms with E-state index in [4.69, 9.17) is 5.73 Å². The molecule has 0 atom stereocenters. The molecule has 0 amide bonds. The maximum absolute atomic E-state index is 13.3. The highest BCUT2D eigenvalue weighted by molar-refractivity contribution is 5.30. The Balaban J connectivity index is 2.55. The number of halogens is 1. The van der Waals surface area contributed by atoms with E-state index in [-0.39, 0.29) is 5.82 Å². The normalized spacial score (nSPS) is 10.7. The van der Waals surface area contributed by atoms with Crippen LogP contribution in [0.25, 0.3) is 0 Å². The highest BCUT2D eigenvalue weighted by atomic mass is 19.1. The molecular formula is C13H20FN. The van der Waals surface area contributed by atoms with Gasteiger partial charge in [0.25, 0.3) is 0 Å². The SMILES string of the molecule is Cc1cc(CCCCCN)cc(C)c1F. The summed E-state index contributed by atoms with van der Waals surface area (Å²) in [4.78, 5) is 0. The Hall–Kier alpha value is -0.890. The largest absolute Gasteiger partial charge is 0.330 e. The number of hydrogen-bond acceptors (Lipinski definition) is 1. The quantitative estimate of drug-likeness (QED) is 0.741. The average molecular weight is 209 g/mol. The van der Waals surface area contributed by atoms with E-state index in [0.717, 1.165) is 43.4 Å². The van der Waals surface area contributed by atoms with Gasteiger partial charge in [-0.1, -0.05) is 18.6 Å². The first-order valence-corrected chi connectivity index (χ1v) is 5.61. The molecule has 0 aliphatic carbocycles. The van der Waals surface area contributed by atoms with Gasteiger partial charge in [0.2, 0.25) is 0 Å². The number of hydrogen-bond donors (Lipinski definition) is 1. The average Bonchev–Trinajstić information content (AvgIpc) is 2.21. The Kier molecular flexibility index (Phi) is 4.76. The third kappa shape index (κ3) is 3.63. The fourth-order valence-corrected chi connectivity index (χ4v) is 1.83. The van der Waals surface area contributed by atoms with Crippen molar-refractivity contribution in [3.63, 3.8) is 0 Å². The third-order valence-electron chi connectivity index (χ3n) is 2.67. The Morgan fingerprint density at radius 3 is 2.20 bits per heavy atom. The molecule has 0 fully saturated rings. The summed E-state index contributed by atoms with van der Waals surface area (Å²) in [6, 6.07) is 3.90. The van der Waals surface area contributed by atoms with E-state index in [0.29, 0.717) is 0 Å². The van der Waals surface area contributed by atoms with Crippen LogP contribution in [-0.4, -0.2) is 6.54 Å². The van der Waals surface area contributed by atoms with Crippen LogP contribution in [0.1, 0.15) is 36.0 Å². The van der Waals surface area contributed by atoms with E-state index in [9.17, 15) is 4.39 Å². The van der Waals surface area contributed by atoms with Crippen molar-refractivity contribution in [3.8, 4) is 0 Å². The summed E-state index contributed by atoms with van der Waals surface area (Å²) in [5.74, 6) is -0.0688. The molecule has 1 rings (SSSR count). The van der Waals surface area contributed by atoms with Crippen LogP contribution < -0.4 is 5.73 Å². The first kappa shape index (κ1) is 12.2. The van der Waals surface area contributed by atoms with Gasteiger partial charge in [-0.25, -0.2) is 4.39 Å². The van der Waals surface area contributed by atoms with E-state index in [1.807, 2.05) is 26.0 Å². The number of benzene rings is 1. The first-order valence-electron chi connectivity index (χ1n) is 5.61. The molecule has 2 N–H and O–H groups in total. The summed E-state index contributed by atoms with van der Waals surface area (Å²) in [5.41, 5.74) is 8.17. The van der Waals surface area contributed by atoms with Crippen molar-refractivity contribution >= 4 is 0 Å². The molecule has 1 aromatic rings. The lowest BCUT2D eigenvalue weighted by atomic mass is 10.0. The van der Waals surface area contributed by atoms with Crippen molar-refractivity contribution in [1.29, 1.82) is 0 Å². The van der Waals surface area contributed by atoms with Gasteiger partial charge < -0.3 is 5.73 Å². The highest BCUT2D eigenvalue weighted by Gasteiger charge is 2.03. The van der Waals surface area contributed by atoms with E-state index in [1.165, 1.54) is 5.56 Å². The minimum absolute atomic E-state index is 0.0688. The lowest BCUT2D eigenvalue weighted by Gasteiger charge is -2.06. The van der Waals surface area contributed by atoms with Crippen molar-refractivity contribution in [2.75, 3.05) is 6.54 Å². The maximum Gasteiger partial charge on any atom is 0.129 e. The van der Waals surface area contributed by atoms with Crippen LogP contribution in [0.5, 0.6) is 0 Å². The summed E-state index contributed by atoms with van der Waals surface area (Å²) in [7, 11) is 0. The molecule has 2 heteroatoms. The number of aryl methyl sites for hydroxylation is 3. The lowest BCUT2D eigenvalue weighted by Crippen LogP contribution is -1.98. The zero-order chi connectivity index (χ0) is 11.3. The maximum atomic E-state index is 13.3. The molecule has 0 radical (unpaired) electrons. The van der Waals surface area contributed by atoms with Gasteiger partial charge in [0.1, 0.15) is 5.82 Å². The monoisotopic (exact) mass is 209 g/mol. The Bertz CT molecular complexity index is 297. The summed E-state index contributed by atoms with van der Waals surface area (Å²) in [5, 5.41) is 0. The number of nitrogens with two attached hydrogens (primary N) is 1. The van der Waals surface area contributed by atoms with Crippen LogP contribution in [0.2, 0.25) is 0 Å².